The molecule has 72 valence electrons. The van der Waals surface area contributed by atoms with Crippen LogP contribution in [0, 0.1) is 0 Å². The molecule has 1 aliphatic rings. The zero-order chi connectivity index (χ0) is 9.54. The maximum atomic E-state index is 6.22. The lowest BCUT2D eigenvalue weighted by Gasteiger charge is -2.20. The van der Waals surface area contributed by atoms with Crippen molar-refractivity contribution < 1.29 is 0 Å². The Labute approximate surface area is 90.9 Å². The van der Waals surface area contributed by atoms with Crippen LogP contribution in [0.5, 0.6) is 0 Å². The molecule has 0 bridgehead atoms. The number of rotatable bonds is 0. The van der Waals surface area contributed by atoms with E-state index in [4.69, 9.17) is 11.6 Å². The van der Waals surface area contributed by atoms with Gasteiger partial charge in [-0.25, -0.2) is 0 Å². The van der Waals surface area contributed by atoms with E-state index in [0.29, 0.717) is 0 Å². The third kappa shape index (κ3) is 1.13. The van der Waals surface area contributed by atoms with Crippen molar-refractivity contribution in [2.45, 2.75) is 5.50 Å². The molecular weight excluding hydrogens is 216 g/mol. The van der Waals surface area contributed by atoms with E-state index >= 15 is 0 Å². The van der Waals surface area contributed by atoms with Crippen LogP contribution in [0.25, 0.3) is 10.1 Å². The number of nitrogens with one attached hydrogen (secondary N) is 2. The van der Waals surface area contributed by atoms with Gasteiger partial charge >= 0.3 is 0 Å². The Morgan fingerprint density at radius 2 is 2.21 bits per heavy atom. The van der Waals surface area contributed by atoms with Crippen molar-refractivity contribution in [1.82, 2.24) is 5.32 Å². The molecule has 0 spiro atoms. The Kier molecular flexibility index (Phi) is 1.90. The lowest BCUT2D eigenvalue weighted by Crippen LogP contribution is -2.28. The number of hydrogen-bond acceptors (Lipinski definition) is 3. The summed E-state index contributed by atoms with van der Waals surface area (Å²) < 4.78 is 1.29. The molecular formula is C10H9ClN2S. The van der Waals surface area contributed by atoms with Crippen LogP contribution in [0.4, 0.5) is 5.00 Å². The van der Waals surface area contributed by atoms with Gasteiger partial charge in [-0.15, -0.1) is 22.9 Å². The first-order valence-electron chi connectivity index (χ1n) is 4.49. The molecule has 0 saturated carbocycles. The molecule has 1 unspecified atom stereocenters. The molecule has 2 heterocycles. The fourth-order valence-electron chi connectivity index (χ4n) is 1.77. The maximum Gasteiger partial charge on any atom is 0.113 e. The van der Waals surface area contributed by atoms with E-state index in [2.05, 4.69) is 28.8 Å². The van der Waals surface area contributed by atoms with Crippen LogP contribution in [-0.2, 0) is 0 Å². The van der Waals surface area contributed by atoms with Crippen molar-refractivity contribution in [3.63, 3.8) is 0 Å². The van der Waals surface area contributed by atoms with Gasteiger partial charge in [0.1, 0.15) is 5.50 Å². The fraction of sp³-hybridized carbons (Fsp3) is 0.200. The molecule has 2 N–H and O–H groups in total. The van der Waals surface area contributed by atoms with E-state index < -0.39 is 0 Å². The molecule has 0 amide bonds. The number of anilines is 1. The Bertz CT molecular complexity index is 480. The van der Waals surface area contributed by atoms with E-state index in [1.807, 2.05) is 6.07 Å². The summed E-state index contributed by atoms with van der Waals surface area (Å²) in [7, 11) is 0. The predicted molar refractivity (Wildman–Crippen MR) is 62.0 cm³/mol. The van der Waals surface area contributed by atoms with Gasteiger partial charge in [-0.3, -0.25) is 5.32 Å². The summed E-state index contributed by atoms with van der Waals surface area (Å²) in [6.45, 7) is 0.744. The van der Waals surface area contributed by atoms with Gasteiger partial charge in [0.2, 0.25) is 0 Å². The zero-order valence-electron chi connectivity index (χ0n) is 7.38. The minimum Gasteiger partial charge on any atom is -0.364 e. The summed E-state index contributed by atoms with van der Waals surface area (Å²) in [6.07, 6.45) is 0. The highest BCUT2D eigenvalue weighted by atomic mass is 35.5. The minimum absolute atomic E-state index is 0.0672. The van der Waals surface area contributed by atoms with Crippen LogP contribution in [0.3, 0.4) is 0 Å². The van der Waals surface area contributed by atoms with Crippen LogP contribution >= 0.6 is 22.9 Å². The summed E-state index contributed by atoms with van der Waals surface area (Å²) >= 11 is 7.99. The number of halogens is 1. The number of benzene rings is 1. The smallest absolute Gasteiger partial charge is 0.113 e. The zero-order valence-corrected chi connectivity index (χ0v) is 8.95. The number of alkyl halides is 1. The molecule has 2 nitrogen and oxygen atoms in total. The second-order valence-electron chi connectivity index (χ2n) is 3.26. The van der Waals surface area contributed by atoms with Gasteiger partial charge in [-0.05, 0) is 6.07 Å². The second-order valence-corrected chi connectivity index (χ2v) is 4.75. The summed E-state index contributed by atoms with van der Waals surface area (Å²) in [4.78, 5) is 0. The monoisotopic (exact) mass is 224 g/mol. The van der Waals surface area contributed by atoms with Crippen LogP contribution in [0.2, 0.25) is 0 Å². The molecule has 0 saturated heterocycles. The molecule has 1 aromatic carbocycles. The quantitative estimate of drug-likeness (QED) is 0.531. The van der Waals surface area contributed by atoms with E-state index in [9.17, 15) is 0 Å². The Morgan fingerprint density at radius 3 is 3.14 bits per heavy atom. The largest absolute Gasteiger partial charge is 0.364 e. The maximum absolute atomic E-state index is 6.22. The van der Waals surface area contributed by atoms with Gasteiger partial charge in [0.15, 0.2) is 0 Å². The van der Waals surface area contributed by atoms with Crippen LogP contribution in [0.1, 0.15) is 11.1 Å². The molecule has 2 aromatic rings. The first-order valence-corrected chi connectivity index (χ1v) is 5.74. The average Bonchev–Trinajstić information content (AvgIpc) is 2.57. The van der Waals surface area contributed by atoms with Gasteiger partial charge in [-0.2, -0.15) is 0 Å². The van der Waals surface area contributed by atoms with Crippen molar-refractivity contribution in [2.24, 2.45) is 0 Å². The van der Waals surface area contributed by atoms with Crippen molar-refractivity contribution in [2.75, 3.05) is 12.0 Å². The summed E-state index contributed by atoms with van der Waals surface area (Å²) in [6, 6.07) is 8.35. The Hall–Kier alpha value is -0.770. The predicted octanol–water partition coefficient (Wildman–Crippen LogP) is 3.11. The number of thiophene rings is 1. The highest BCUT2D eigenvalue weighted by Crippen LogP contribution is 2.41. The normalized spacial score (nSPS) is 20.5. The molecule has 0 radical (unpaired) electrons. The van der Waals surface area contributed by atoms with Crippen molar-refractivity contribution in [3.05, 3.63) is 29.8 Å². The van der Waals surface area contributed by atoms with Crippen molar-refractivity contribution >= 4 is 38.0 Å². The topological polar surface area (TPSA) is 24.1 Å². The highest BCUT2D eigenvalue weighted by Gasteiger charge is 2.21. The minimum atomic E-state index is -0.0672. The molecule has 3 rings (SSSR count). The standard InChI is InChI=1S/C10H9ClN2S/c11-9-8-6-3-1-2-4-7(6)14-10(8)13-5-12-9/h1-4,9,12-13H,5H2. The first kappa shape index (κ1) is 8.53. The van der Waals surface area contributed by atoms with Crippen molar-refractivity contribution in [3.8, 4) is 0 Å². The summed E-state index contributed by atoms with van der Waals surface area (Å²) in [5, 5.41) is 8.94. The van der Waals surface area contributed by atoms with E-state index in [-0.39, 0.29) is 5.50 Å². The summed E-state index contributed by atoms with van der Waals surface area (Å²) in [5.41, 5.74) is 1.13. The van der Waals surface area contributed by atoms with Gasteiger partial charge < -0.3 is 5.32 Å². The van der Waals surface area contributed by atoms with E-state index in [0.717, 1.165) is 6.67 Å². The Balaban J connectivity index is 2.34. The number of hydrogen-bond donors (Lipinski definition) is 2. The molecule has 4 heteroatoms. The average molecular weight is 225 g/mol. The Morgan fingerprint density at radius 1 is 1.36 bits per heavy atom. The van der Waals surface area contributed by atoms with Crippen molar-refractivity contribution in [1.29, 1.82) is 0 Å². The number of fused-ring (bicyclic) bond motifs is 3. The van der Waals surface area contributed by atoms with Gasteiger partial charge in [0.05, 0.1) is 11.7 Å². The van der Waals surface area contributed by atoms with Gasteiger partial charge in [0.25, 0.3) is 0 Å². The first-order chi connectivity index (χ1) is 6.86. The highest BCUT2D eigenvalue weighted by molar-refractivity contribution is 7.23. The second kappa shape index (κ2) is 3.12. The van der Waals surface area contributed by atoms with Crippen LogP contribution in [-0.4, -0.2) is 6.67 Å². The fourth-order valence-corrected chi connectivity index (χ4v) is 3.28. The molecule has 1 aliphatic heterocycles. The molecule has 0 fully saturated rings. The molecule has 14 heavy (non-hydrogen) atoms. The van der Waals surface area contributed by atoms with E-state index in [1.165, 1.54) is 20.7 Å². The van der Waals surface area contributed by atoms with Gasteiger partial charge in [0, 0.05) is 15.6 Å². The lowest BCUT2D eigenvalue weighted by molar-refractivity contribution is 0.692. The van der Waals surface area contributed by atoms with E-state index in [1.54, 1.807) is 11.3 Å². The van der Waals surface area contributed by atoms with Crippen LogP contribution in [0.15, 0.2) is 24.3 Å². The molecule has 0 aliphatic carbocycles. The molecule has 1 aromatic heterocycles. The third-order valence-electron chi connectivity index (χ3n) is 2.42. The summed E-state index contributed by atoms with van der Waals surface area (Å²) in [5.74, 6) is 0. The SMILES string of the molecule is ClC1NCNc2sc3ccccc3c21. The third-order valence-corrected chi connectivity index (χ3v) is 3.93. The lowest BCUT2D eigenvalue weighted by atomic mass is 10.1. The van der Waals surface area contributed by atoms with Gasteiger partial charge in [-0.1, -0.05) is 18.2 Å². The van der Waals surface area contributed by atoms with Crippen LogP contribution < -0.4 is 10.6 Å². The molecule has 1 atom stereocenters.